The summed E-state index contributed by atoms with van der Waals surface area (Å²) in [5, 5.41) is 6.36. The Morgan fingerprint density at radius 1 is 0.431 bits per heavy atom. The molecule has 3 atom stereocenters. The standard InChI is InChI=1S/C61H44N4/c1-39-13-12-19-53-50-18-6-11-24-58(50)65(61(39)53)45-34-36-52-49-17-5-8-21-55(49)63(60(52)38-45)43-31-27-41(28-32-43)40-25-29-42(30-26-40)62-54-20-7-4-16-48(54)51-35-33-44(37-59(51)62)64-56-22-9-2-14-46(56)47-15-3-10-23-57(47)64/h2-12,14-39,46,56H,13H2,1H3. The summed E-state index contributed by atoms with van der Waals surface area (Å²) in [5.74, 6) is 0.775. The zero-order valence-corrected chi connectivity index (χ0v) is 36.0. The molecule has 0 saturated carbocycles. The molecule has 4 heteroatoms. The fraction of sp³-hybridized carbons (Fsp3) is 0.0820. The number of rotatable bonds is 5. The summed E-state index contributed by atoms with van der Waals surface area (Å²) in [4.78, 5) is 2.53. The molecule has 0 amide bonds. The van der Waals surface area contributed by atoms with E-state index in [0.29, 0.717) is 11.8 Å². The van der Waals surface area contributed by atoms with Crippen LogP contribution in [0.15, 0.2) is 212 Å². The molecule has 1 aliphatic heterocycles. The summed E-state index contributed by atoms with van der Waals surface area (Å²) in [6, 6.07) is 68.0. The van der Waals surface area contributed by atoms with E-state index < -0.39 is 0 Å². The number of nitrogens with zero attached hydrogens (tertiary/aromatic N) is 4. The lowest BCUT2D eigenvalue weighted by atomic mass is 9.91. The number of benzene rings is 8. The van der Waals surface area contributed by atoms with Gasteiger partial charge in [0.2, 0.25) is 0 Å². The number of para-hydroxylation sites is 4. The number of fused-ring (bicyclic) bond motifs is 12. The number of hydrogen-bond acceptors (Lipinski definition) is 1. The molecule has 4 heterocycles. The van der Waals surface area contributed by atoms with Gasteiger partial charge in [-0.3, -0.25) is 0 Å². The van der Waals surface area contributed by atoms with Crippen molar-refractivity contribution in [3.8, 4) is 28.2 Å². The van der Waals surface area contributed by atoms with E-state index in [1.807, 2.05) is 0 Å². The van der Waals surface area contributed by atoms with Crippen LogP contribution in [0.3, 0.4) is 0 Å². The van der Waals surface area contributed by atoms with E-state index in [4.69, 9.17) is 0 Å². The minimum absolute atomic E-state index is 0.253. The Labute approximate surface area is 377 Å². The predicted octanol–water partition coefficient (Wildman–Crippen LogP) is 15.7. The first-order chi connectivity index (χ1) is 32.2. The largest absolute Gasteiger partial charge is 0.333 e. The molecule has 0 bridgehead atoms. The van der Waals surface area contributed by atoms with Gasteiger partial charge in [0.25, 0.3) is 0 Å². The Morgan fingerprint density at radius 2 is 0.938 bits per heavy atom. The average Bonchev–Trinajstić information content (AvgIpc) is 4.09. The molecule has 308 valence electrons. The third-order valence-electron chi connectivity index (χ3n) is 14.6. The molecule has 0 radical (unpaired) electrons. The van der Waals surface area contributed by atoms with Gasteiger partial charge in [-0.15, -0.1) is 0 Å². The van der Waals surface area contributed by atoms with Crippen LogP contribution in [0.5, 0.6) is 0 Å². The van der Waals surface area contributed by atoms with Gasteiger partial charge >= 0.3 is 0 Å². The van der Waals surface area contributed by atoms with Crippen LogP contribution in [-0.2, 0) is 0 Å². The molecular formula is C61H44N4. The van der Waals surface area contributed by atoms with Crippen LogP contribution in [-0.4, -0.2) is 19.7 Å². The summed E-state index contributed by atoms with van der Waals surface area (Å²) in [5.41, 5.74) is 18.6. The van der Waals surface area contributed by atoms with Gasteiger partial charge in [0.1, 0.15) is 0 Å². The van der Waals surface area contributed by atoms with Gasteiger partial charge < -0.3 is 18.6 Å². The molecule has 8 aromatic carbocycles. The Kier molecular flexibility index (Phi) is 7.82. The molecule has 4 nitrogen and oxygen atoms in total. The van der Waals surface area contributed by atoms with E-state index >= 15 is 0 Å². The van der Waals surface area contributed by atoms with Gasteiger partial charge in [0.15, 0.2) is 0 Å². The van der Waals surface area contributed by atoms with Crippen molar-refractivity contribution < 1.29 is 0 Å². The molecule has 14 rings (SSSR count). The quantitative estimate of drug-likeness (QED) is 0.169. The maximum Gasteiger partial charge on any atom is 0.0629 e. The van der Waals surface area contributed by atoms with Gasteiger partial charge in [-0.25, -0.2) is 0 Å². The van der Waals surface area contributed by atoms with Crippen LogP contribution in [0.4, 0.5) is 11.4 Å². The zero-order valence-electron chi connectivity index (χ0n) is 36.0. The van der Waals surface area contributed by atoms with Crippen molar-refractivity contribution in [3.05, 3.63) is 229 Å². The Bertz CT molecular complexity index is 3830. The van der Waals surface area contributed by atoms with Crippen LogP contribution < -0.4 is 4.90 Å². The highest BCUT2D eigenvalue weighted by Gasteiger charge is 2.37. The van der Waals surface area contributed by atoms with Gasteiger partial charge in [0, 0.05) is 78.5 Å². The lowest BCUT2D eigenvalue weighted by Gasteiger charge is -2.29. The van der Waals surface area contributed by atoms with E-state index in [9.17, 15) is 0 Å². The van der Waals surface area contributed by atoms with E-state index in [1.165, 1.54) is 99.5 Å². The van der Waals surface area contributed by atoms with Crippen molar-refractivity contribution in [3.63, 3.8) is 0 Å². The SMILES string of the molecule is CC1CC=Cc2c1n(-c1ccc3c4ccccc4n(-c4ccc(-c5ccc(-n6c7ccccc7c7ccc(N8c9ccccc9C9C=CC=CC98)cc76)cc5)cc4)c3c1)c1ccccc21. The van der Waals surface area contributed by atoms with Crippen LogP contribution in [0.25, 0.3) is 88.8 Å². The number of anilines is 2. The van der Waals surface area contributed by atoms with E-state index in [1.54, 1.807) is 0 Å². The molecule has 2 aliphatic carbocycles. The van der Waals surface area contributed by atoms with Crippen molar-refractivity contribution in [2.24, 2.45) is 0 Å². The highest BCUT2D eigenvalue weighted by Crippen LogP contribution is 2.49. The first-order valence-corrected chi connectivity index (χ1v) is 23.0. The lowest BCUT2D eigenvalue weighted by Crippen LogP contribution is -2.28. The monoisotopic (exact) mass is 832 g/mol. The van der Waals surface area contributed by atoms with E-state index in [2.05, 4.69) is 244 Å². The second kappa shape index (κ2) is 14.0. The minimum atomic E-state index is 0.253. The predicted molar refractivity (Wildman–Crippen MR) is 273 cm³/mol. The van der Waals surface area contributed by atoms with Gasteiger partial charge in [-0.05, 0) is 95.9 Å². The molecule has 0 spiro atoms. The molecule has 3 unspecified atom stereocenters. The van der Waals surface area contributed by atoms with Crippen LogP contribution >= 0.6 is 0 Å². The average molecular weight is 833 g/mol. The third-order valence-corrected chi connectivity index (χ3v) is 14.6. The maximum atomic E-state index is 2.53. The van der Waals surface area contributed by atoms with Crippen LogP contribution in [0, 0.1) is 0 Å². The molecule has 0 saturated heterocycles. The number of aromatic nitrogens is 3. The van der Waals surface area contributed by atoms with Crippen LogP contribution in [0.2, 0.25) is 0 Å². The van der Waals surface area contributed by atoms with Gasteiger partial charge in [-0.2, -0.15) is 0 Å². The topological polar surface area (TPSA) is 18.0 Å². The summed E-state index contributed by atoms with van der Waals surface area (Å²) < 4.78 is 7.40. The van der Waals surface area contributed by atoms with Crippen molar-refractivity contribution in [2.75, 3.05) is 4.90 Å². The highest BCUT2D eigenvalue weighted by molar-refractivity contribution is 6.11. The summed E-state index contributed by atoms with van der Waals surface area (Å²) >= 11 is 0. The Hall–Kier alpha value is -8.08. The van der Waals surface area contributed by atoms with E-state index in [0.717, 1.165) is 17.8 Å². The van der Waals surface area contributed by atoms with Gasteiger partial charge in [-0.1, -0.05) is 153 Å². The van der Waals surface area contributed by atoms with E-state index in [-0.39, 0.29) is 6.04 Å². The van der Waals surface area contributed by atoms with Crippen molar-refractivity contribution in [1.29, 1.82) is 0 Å². The molecule has 0 N–H and O–H groups in total. The molecule has 3 aromatic heterocycles. The summed E-state index contributed by atoms with van der Waals surface area (Å²) in [6.07, 6.45) is 14.8. The second-order valence-corrected chi connectivity index (χ2v) is 18.1. The first-order valence-electron chi connectivity index (χ1n) is 23.0. The molecule has 3 aliphatic rings. The number of allylic oxidation sites excluding steroid dienone is 3. The Balaban J connectivity index is 0.844. The molecule has 11 aromatic rings. The lowest BCUT2D eigenvalue weighted by molar-refractivity contribution is 0.723. The fourth-order valence-electron chi connectivity index (χ4n) is 11.7. The van der Waals surface area contributed by atoms with Crippen molar-refractivity contribution in [1.82, 2.24) is 13.7 Å². The minimum Gasteiger partial charge on any atom is -0.333 e. The second-order valence-electron chi connectivity index (χ2n) is 18.1. The summed E-state index contributed by atoms with van der Waals surface area (Å²) in [7, 11) is 0. The molecule has 0 fully saturated rings. The third kappa shape index (κ3) is 5.31. The summed E-state index contributed by atoms with van der Waals surface area (Å²) in [6.45, 7) is 2.36. The molecular weight excluding hydrogens is 789 g/mol. The maximum absolute atomic E-state index is 2.53. The smallest absolute Gasteiger partial charge is 0.0629 e. The first kappa shape index (κ1) is 36.4. The normalized spacial score (nSPS) is 17.5. The van der Waals surface area contributed by atoms with Gasteiger partial charge in [0.05, 0.1) is 33.6 Å². The zero-order chi connectivity index (χ0) is 42.8. The molecule has 65 heavy (non-hydrogen) atoms. The van der Waals surface area contributed by atoms with Crippen LogP contribution in [0.1, 0.15) is 42.0 Å². The van der Waals surface area contributed by atoms with Crippen molar-refractivity contribution in [2.45, 2.75) is 31.2 Å². The fourth-order valence-corrected chi connectivity index (χ4v) is 11.7. The van der Waals surface area contributed by atoms with Crippen molar-refractivity contribution >= 4 is 72.0 Å². The number of hydrogen-bond donors (Lipinski definition) is 0. The highest BCUT2D eigenvalue weighted by atomic mass is 15.2. The Morgan fingerprint density at radius 3 is 1.60 bits per heavy atom.